The van der Waals surface area contributed by atoms with Gasteiger partial charge in [0.25, 0.3) is 0 Å². The molecule has 0 aliphatic carbocycles. The predicted octanol–water partition coefficient (Wildman–Crippen LogP) is 3.51. The number of nitrogens with zero attached hydrogens (tertiary/aromatic N) is 1. The van der Waals surface area contributed by atoms with E-state index in [4.69, 9.17) is 17.0 Å². The molecule has 1 N–H and O–H groups in total. The first-order valence-electron chi connectivity index (χ1n) is 6.98. The maximum Gasteiger partial charge on any atom is 0.173 e. The first-order valence-corrected chi connectivity index (χ1v) is 7.38. The molecule has 0 radical (unpaired) electrons. The van der Waals surface area contributed by atoms with Gasteiger partial charge in [0.15, 0.2) is 5.11 Å². The Hall–Kier alpha value is -1.29. The molecule has 19 heavy (non-hydrogen) atoms. The minimum Gasteiger partial charge on any atom is -0.494 e. The van der Waals surface area contributed by atoms with Crippen LogP contribution in [0.2, 0.25) is 0 Å². The number of benzene rings is 1. The molecule has 1 aliphatic rings. The van der Waals surface area contributed by atoms with Crippen LogP contribution in [0, 0.1) is 5.92 Å². The van der Waals surface area contributed by atoms with Crippen LogP contribution in [0.15, 0.2) is 24.3 Å². The fourth-order valence-corrected chi connectivity index (χ4v) is 2.66. The van der Waals surface area contributed by atoms with Crippen LogP contribution in [0.4, 0.5) is 5.69 Å². The van der Waals surface area contributed by atoms with Gasteiger partial charge in [-0.15, -0.1) is 0 Å². The van der Waals surface area contributed by atoms with Crippen molar-refractivity contribution in [1.29, 1.82) is 0 Å². The molecule has 1 aliphatic heterocycles. The van der Waals surface area contributed by atoms with Crippen LogP contribution in [0.3, 0.4) is 0 Å². The third-order valence-electron chi connectivity index (χ3n) is 3.36. The van der Waals surface area contributed by atoms with Gasteiger partial charge in [0.05, 0.1) is 6.61 Å². The highest BCUT2D eigenvalue weighted by Crippen LogP contribution is 2.19. The van der Waals surface area contributed by atoms with Gasteiger partial charge in [-0.3, -0.25) is 0 Å². The lowest BCUT2D eigenvalue weighted by Gasteiger charge is -2.33. The van der Waals surface area contributed by atoms with Gasteiger partial charge in [0, 0.05) is 18.8 Å². The lowest BCUT2D eigenvalue weighted by Crippen LogP contribution is -2.41. The highest BCUT2D eigenvalue weighted by molar-refractivity contribution is 7.80. The molecule has 2 rings (SSSR count). The fraction of sp³-hybridized carbons (Fsp3) is 0.533. The van der Waals surface area contributed by atoms with Crippen molar-refractivity contribution in [3.63, 3.8) is 0 Å². The molecule has 0 unspecified atom stereocenters. The maximum atomic E-state index is 5.48. The molecular formula is C15H22N2OS. The summed E-state index contributed by atoms with van der Waals surface area (Å²) in [5.41, 5.74) is 1.02. The van der Waals surface area contributed by atoms with E-state index >= 15 is 0 Å². The molecular weight excluding hydrogens is 256 g/mol. The first-order chi connectivity index (χ1) is 9.19. The van der Waals surface area contributed by atoms with E-state index in [0.29, 0.717) is 6.61 Å². The van der Waals surface area contributed by atoms with Crippen LogP contribution < -0.4 is 10.1 Å². The van der Waals surface area contributed by atoms with Crippen LogP contribution in [-0.2, 0) is 0 Å². The maximum absolute atomic E-state index is 5.48. The fourth-order valence-electron chi connectivity index (χ4n) is 2.38. The zero-order valence-electron chi connectivity index (χ0n) is 11.7. The van der Waals surface area contributed by atoms with Gasteiger partial charge < -0.3 is 15.0 Å². The molecule has 1 aromatic rings. The molecule has 0 amide bonds. The van der Waals surface area contributed by atoms with Crippen LogP contribution in [0.1, 0.15) is 26.7 Å². The average Bonchev–Trinajstić information content (AvgIpc) is 2.41. The van der Waals surface area contributed by atoms with Gasteiger partial charge in [-0.2, -0.15) is 0 Å². The molecule has 1 atom stereocenters. The highest BCUT2D eigenvalue weighted by Gasteiger charge is 2.18. The zero-order chi connectivity index (χ0) is 13.7. The summed E-state index contributed by atoms with van der Waals surface area (Å²) < 4.78 is 5.43. The molecule has 0 spiro atoms. The highest BCUT2D eigenvalue weighted by atomic mass is 32.1. The van der Waals surface area contributed by atoms with E-state index in [2.05, 4.69) is 17.1 Å². The molecule has 104 valence electrons. The average molecular weight is 278 g/mol. The van der Waals surface area contributed by atoms with Gasteiger partial charge in [0.1, 0.15) is 5.75 Å². The second-order valence-corrected chi connectivity index (χ2v) is 5.47. The summed E-state index contributed by atoms with van der Waals surface area (Å²) in [5.74, 6) is 1.62. The quantitative estimate of drug-likeness (QED) is 0.855. The second kappa shape index (κ2) is 6.75. The van der Waals surface area contributed by atoms with E-state index in [1.54, 1.807) is 0 Å². The third-order valence-corrected chi connectivity index (χ3v) is 3.72. The minimum atomic E-state index is 0.691. The molecule has 0 saturated carbocycles. The predicted molar refractivity (Wildman–Crippen MR) is 83.8 cm³/mol. The lowest BCUT2D eigenvalue weighted by atomic mass is 10.0. The summed E-state index contributed by atoms with van der Waals surface area (Å²) in [4.78, 5) is 2.26. The zero-order valence-corrected chi connectivity index (χ0v) is 12.5. The monoisotopic (exact) mass is 278 g/mol. The first kappa shape index (κ1) is 14.1. The lowest BCUT2D eigenvalue weighted by molar-refractivity contribution is 0.276. The molecule has 1 saturated heterocycles. The van der Waals surface area contributed by atoms with Gasteiger partial charge >= 0.3 is 0 Å². The van der Waals surface area contributed by atoms with Crippen molar-refractivity contribution in [2.24, 2.45) is 5.92 Å². The number of nitrogens with one attached hydrogen (secondary N) is 1. The summed E-state index contributed by atoms with van der Waals surface area (Å²) in [5, 5.41) is 4.13. The Kier molecular flexibility index (Phi) is 5.02. The standard InChI is InChI=1S/C15H22N2OS/c1-3-18-14-8-6-13(7-9-14)16-15(19)17-10-4-5-12(2)11-17/h6-9,12H,3-5,10-11H2,1-2H3,(H,16,19)/t12-/m0/s1. The summed E-state index contributed by atoms with van der Waals surface area (Å²) >= 11 is 5.48. The number of likely N-dealkylation sites (tertiary alicyclic amines) is 1. The molecule has 0 aromatic heterocycles. The van der Waals surface area contributed by atoms with Crippen LogP contribution in [0.25, 0.3) is 0 Å². The SMILES string of the molecule is CCOc1ccc(NC(=S)N2CCC[C@H](C)C2)cc1. The van der Waals surface area contributed by atoms with Crippen molar-refractivity contribution < 1.29 is 4.74 Å². The Balaban J connectivity index is 1.90. The van der Waals surface area contributed by atoms with Crippen molar-refractivity contribution in [3.05, 3.63) is 24.3 Å². The molecule has 1 aromatic carbocycles. The second-order valence-electron chi connectivity index (χ2n) is 5.08. The number of piperidine rings is 1. The number of hydrogen-bond acceptors (Lipinski definition) is 2. The normalized spacial score (nSPS) is 19.1. The van der Waals surface area contributed by atoms with E-state index in [0.717, 1.165) is 35.6 Å². The molecule has 1 fully saturated rings. The molecule has 4 heteroatoms. The molecule has 3 nitrogen and oxygen atoms in total. The number of anilines is 1. The minimum absolute atomic E-state index is 0.691. The van der Waals surface area contributed by atoms with Gasteiger partial charge in [-0.05, 0) is 62.2 Å². The largest absolute Gasteiger partial charge is 0.494 e. The van der Waals surface area contributed by atoms with E-state index in [1.807, 2.05) is 31.2 Å². The van der Waals surface area contributed by atoms with E-state index in [-0.39, 0.29) is 0 Å². The van der Waals surface area contributed by atoms with E-state index in [1.165, 1.54) is 12.8 Å². The van der Waals surface area contributed by atoms with Crippen LogP contribution in [0.5, 0.6) is 5.75 Å². The summed E-state index contributed by atoms with van der Waals surface area (Å²) in [6.45, 7) is 7.08. The smallest absolute Gasteiger partial charge is 0.173 e. The Labute approximate surface area is 120 Å². The van der Waals surface area contributed by atoms with Crippen molar-refractivity contribution in [2.45, 2.75) is 26.7 Å². The van der Waals surface area contributed by atoms with E-state index < -0.39 is 0 Å². The van der Waals surface area contributed by atoms with Crippen molar-refractivity contribution in [3.8, 4) is 5.75 Å². The Bertz CT molecular complexity index is 419. The van der Waals surface area contributed by atoms with Gasteiger partial charge in [-0.25, -0.2) is 0 Å². The number of hydrogen-bond donors (Lipinski definition) is 1. The van der Waals surface area contributed by atoms with Crippen LogP contribution >= 0.6 is 12.2 Å². The Morgan fingerprint density at radius 3 is 2.79 bits per heavy atom. The molecule has 1 heterocycles. The van der Waals surface area contributed by atoms with Crippen molar-refractivity contribution >= 4 is 23.0 Å². The number of rotatable bonds is 3. The topological polar surface area (TPSA) is 24.5 Å². The van der Waals surface area contributed by atoms with Gasteiger partial charge in [0.2, 0.25) is 0 Å². The Morgan fingerprint density at radius 1 is 1.42 bits per heavy atom. The van der Waals surface area contributed by atoms with Crippen molar-refractivity contribution in [1.82, 2.24) is 4.90 Å². The number of ether oxygens (including phenoxy) is 1. The van der Waals surface area contributed by atoms with Crippen LogP contribution in [-0.4, -0.2) is 29.7 Å². The van der Waals surface area contributed by atoms with Crippen molar-refractivity contribution in [2.75, 3.05) is 25.0 Å². The summed E-state index contributed by atoms with van der Waals surface area (Å²) in [6.07, 6.45) is 2.54. The summed E-state index contributed by atoms with van der Waals surface area (Å²) in [7, 11) is 0. The van der Waals surface area contributed by atoms with Gasteiger partial charge in [-0.1, -0.05) is 6.92 Å². The third kappa shape index (κ3) is 4.10. The molecule has 0 bridgehead atoms. The Morgan fingerprint density at radius 2 is 2.16 bits per heavy atom. The number of thiocarbonyl (C=S) groups is 1. The van der Waals surface area contributed by atoms with E-state index in [9.17, 15) is 0 Å². The summed E-state index contributed by atoms with van der Waals surface area (Å²) in [6, 6.07) is 7.94.